The molecule has 2 aromatic rings. The van der Waals surface area contributed by atoms with E-state index in [9.17, 15) is 4.39 Å². The molecule has 112 valence electrons. The molecule has 0 heterocycles. The molecule has 0 aromatic heterocycles. The largest absolute Gasteiger partial charge is 0.493 e. The number of benzene rings is 2. The SMILES string of the molecule is COc1cc(Br)c(C(Cl)c2cccc(C)c2F)cc1OC. The monoisotopic (exact) mass is 372 g/mol. The van der Waals surface area contributed by atoms with Crippen molar-refractivity contribution in [2.45, 2.75) is 12.3 Å². The normalized spacial score (nSPS) is 12.1. The minimum atomic E-state index is -0.626. The first-order chi connectivity index (χ1) is 9.99. The second-order valence-corrected chi connectivity index (χ2v) is 5.86. The molecule has 0 spiro atoms. The lowest BCUT2D eigenvalue weighted by molar-refractivity contribution is 0.354. The number of methoxy groups -OCH3 is 2. The van der Waals surface area contributed by atoms with E-state index in [1.807, 2.05) is 0 Å². The molecule has 2 aromatic carbocycles. The van der Waals surface area contributed by atoms with Gasteiger partial charge in [0, 0.05) is 10.0 Å². The molecule has 2 nitrogen and oxygen atoms in total. The van der Waals surface area contributed by atoms with Crippen molar-refractivity contribution in [3.63, 3.8) is 0 Å². The minimum Gasteiger partial charge on any atom is -0.493 e. The van der Waals surface area contributed by atoms with Crippen molar-refractivity contribution < 1.29 is 13.9 Å². The van der Waals surface area contributed by atoms with E-state index < -0.39 is 5.38 Å². The van der Waals surface area contributed by atoms with Crippen LogP contribution in [0.3, 0.4) is 0 Å². The summed E-state index contributed by atoms with van der Waals surface area (Å²) in [6.07, 6.45) is 0. The molecule has 0 N–H and O–H groups in total. The smallest absolute Gasteiger partial charge is 0.161 e. The quantitative estimate of drug-likeness (QED) is 0.682. The minimum absolute atomic E-state index is 0.292. The van der Waals surface area contributed by atoms with Gasteiger partial charge in [0.1, 0.15) is 5.82 Å². The molecule has 5 heteroatoms. The van der Waals surface area contributed by atoms with Crippen LogP contribution in [0.2, 0.25) is 0 Å². The van der Waals surface area contributed by atoms with E-state index in [1.165, 1.54) is 0 Å². The van der Waals surface area contributed by atoms with E-state index in [-0.39, 0.29) is 5.82 Å². The standard InChI is InChI=1S/C16H15BrClFO2/c1-9-5-4-6-10(16(9)19)15(18)11-7-13(20-2)14(21-3)8-12(11)17/h4-8,15H,1-3H3. The number of rotatable bonds is 4. The molecule has 0 bridgehead atoms. The fourth-order valence-corrected chi connectivity index (χ4v) is 3.13. The summed E-state index contributed by atoms with van der Waals surface area (Å²) in [5.41, 5.74) is 1.72. The van der Waals surface area contributed by atoms with E-state index in [4.69, 9.17) is 21.1 Å². The van der Waals surface area contributed by atoms with Crippen LogP contribution in [0.25, 0.3) is 0 Å². The average Bonchev–Trinajstić information content (AvgIpc) is 2.49. The maximum absolute atomic E-state index is 14.2. The van der Waals surface area contributed by atoms with E-state index in [0.717, 1.165) is 10.0 Å². The summed E-state index contributed by atoms with van der Waals surface area (Å²) in [4.78, 5) is 0. The summed E-state index contributed by atoms with van der Waals surface area (Å²) < 4.78 is 25.5. The zero-order chi connectivity index (χ0) is 15.6. The van der Waals surface area contributed by atoms with Crippen LogP contribution in [0.1, 0.15) is 22.1 Å². The number of hydrogen-bond donors (Lipinski definition) is 0. The second kappa shape index (κ2) is 6.67. The Hall–Kier alpha value is -1.26. The van der Waals surface area contributed by atoms with Crippen molar-refractivity contribution in [3.05, 3.63) is 57.3 Å². The van der Waals surface area contributed by atoms with Crippen LogP contribution in [-0.4, -0.2) is 14.2 Å². The molecule has 0 aliphatic carbocycles. The Morgan fingerprint density at radius 2 is 1.71 bits per heavy atom. The Kier molecular flexibility index (Phi) is 5.12. The van der Waals surface area contributed by atoms with E-state index in [1.54, 1.807) is 51.5 Å². The Labute approximate surface area is 137 Å². The van der Waals surface area contributed by atoms with Crippen LogP contribution < -0.4 is 9.47 Å². The summed E-state index contributed by atoms with van der Waals surface area (Å²) in [6.45, 7) is 1.71. The van der Waals surface area contributed by atoms with Gasteiger partial charge in [0.25, 0.3) is 0 Å². The highest BCUT2D eigenvalue weighted by Gasteiger charge is 2.21. The van der Waals surface area contributed by atoms with Crippen LogP contribution in [0, 0.1) is 12.7 Å². The molecule has 1 unspecified atom stereocenters. The molecular weight excluding hydrogens is 359 g/mol. The predicted octanol–water partition coefficient (Wildman–Crippen LogP) is 5.24. The highest BCUT2D eigenvalue weighted by Crippen LogP contribution is 2.41. The van der Waals surface area contributed by atoms with Gasteiger partial charge in [-0.1, -0.05) is 34.1 Å². The van der Waals surface area contributed by atoms with Crippen molar-refractivity contribution in [1.82, 2.24) is 0 Å². The summed E-state index contributed by atoms with van der Waals surface area (Å²) in [7, 11) is 3.11. The van der Waals surface area contributed by atoms with Gasteiger partial charge in [-0.25, -0.2) is 4.39 Å². The molecule has 2 rings (SSSR count). The van der Waals surface area contributed by atoms with Crippen molar-refractivity contribution in [3.8, 4) is 11.5 Å². The van der Waals surface area contributed by atoms with Crippen molar-refractivity contribution in [2.75, 3.05) is 14.2 Å². The molecule has 0 saturated carbocycles. The Morgan fingerprint density at radius 3 is 2.33 bits per heavy atom. The van der Waals surface area contributed by atoms with Crippen LogP contribution in [0.5, 0.6) is 11.5 Å². The number of halogens is 3. The first kappa shape index (κ1) is 16.1. The number of alkyl halides is 1. The van der Waals surface area contributed by atoms with E-state index >= 15 is 0 Å². The molecule has 0 radical (unpaired) electrons. The lowest BCUT2D eigenvalue weighted by atomic mass is 10.0. The van der Waals surface area contributed by atoms with Gasteiger partial charge in [0.2, 0.25) is 0 Å². The van der Waals surface area contributed by atoms with E-state index in [2.05, 4.69) is 15.9 Å². The van der Waals surface area contributed by atoms with Crippen molar-refractivity contribution >= 4 is 27.5 Å². The zero-order valence-corrected chi connectivity index (χ0v) is 14.3. The second-order valence-electron chi connectivity index (χ2n) is 4.57. The van der Waals surface area contributed by atoms with Crippen LogP contribution in [-0.2, 0) is 0 Å². The van der Waals surface area contributed by atoms with Crippen molar-refractivity contribution in [1.29, 1.82) is 0 Å². The fraction of sp³-hybridized carbons (Fsp3) is 0.250. The third-order valence-electron chi connectivity index (χ3n) is 3.27. The third kappa shape index (κ3) is 3.16. The summed E-state index contributed by atoms with van der Waals surface area (Å²) in [5.74, 6) is 0.843. The Balaban J connectivity index is 2.53. The summed E-state index contributed by atoms with van der Waals surface area (Å²) in [5, 5.41) is -0.626. The molecule has 21 heavy (non-hydrogen) atoms. The van der Waals surface area contributed by atoms with Crippen molar-refractivity contribution in [2.24, 2.45) is 0 Å². The lowest BCUT2D eigenvalue weighted by Crippen LogP contribution is -2.01. The Morgan fingerprint density at radius 1 is 1.10 bits per heavy atom. The fourth-order valence-electron chi connectivity index (χ4n) is 2.10. The highest BCUT2D eigenvalue weighted by molar-refractivity contribution is 9.10. The molecule has 0 amide bonds. The number of ether oxygens (including phenoxy) is 2. The average molecular weight is 374 g/mol. The van der Waals surface area contributed by atoms with Gasteiger partial charge in [-0.3, -0.25) is 0 Å². The molecular formula is C16H15BrClFO2. The Bertz CT molecular complexity index is 661. The van der Waals surface area contributed by atoms with Gasteiger partial charge < -0.3 is 9.47 Å². The van der Waals surface area contributed by atoms with Gasteiger partial charge in [-0.15, -0.1) is 11.6 Å². The summed E-state index contributed by atoms with van der Waals surface area (Å²) >= 11 is 9.92. The lowest BCUT2D eigenvalue weighted by Gasteiger charge is -2.17. The van der Waals surface area contributed by atoms with E-state index in [0.29, 0.717) is 22.6 Å². The van der Waals surface area contributed by atoms with Crippen LogP contribution >= 0.6 is 27.5 Å². The van der Waals surface area contributed by atoms with Gasteiger partial charge in [0.15, 0.2) is 11.5 Å². The molecule has 1 atom stereocenters. The number of aryl methyl sites for hydroxylation is 1. The zero-order valence-electron chi connectivity index (χ0n) is 11.9. The topological polar surface area (TPSA) is 18.5 Å². The highest BCUT2D eigenvalue weighted by atomic mass is 79.9. The van der Waals surface area contributed by atoms with Gasteiger partial charge in [-0.2, -0.15) is 0 Å². The molecule has 0 aliphatic heterocycles. The summed E-state index contributed by atoms with van der Waals surface area (Å²) in [6, 6.07) is 8.70. The van der Waals surface area contributed by atoms with Crippen LogP contribution in [0.15, 0.2) is 34.8 Å². The third-order valence-corrected chi connectivity index (χ3v) is 4.43. The number of hydrogen-bond acceptors (Lipinski definition) is 2. The van der Waals surface area contributed by atoms with Gasteiger partial charge in [-0.05, 0) is 30.2 Å². The first-order valence-electron chi connectivity index (χ1n) is 6.30. The maximum Gasteiger partial charge on any atom is 0.161 e. The van der Waals surface area contributed by atoms with Gasteiger partial charge >= 0.3 is 0 Å². The first-order valence-corrected chi connectivity index (χ1v) is 7.53. The van der Waals surface area contributed by atoms with Gasteiger partial charge in [0.05, 0.1) is 19.6 Å². The van der Waals surface area contributed by atoms with Crippen LogP contribution in [0.4, 0.5) is 4.39 Å². The molecule has 0 fully saturated rings. The molecule has 0 aliphatic rings. The predicted molar refractivity (Wildman–Crippen MR) is 86.1 cm³/mol. The molecule has 0 saturated heterocycles. The maximum atomic E-state index is 14.2.